The van der Waals surface area contributed by atoms with Crippen molar-refractivity contribution in [1.29, 1.82) is 0 Å². The molecule has 0 unspecified atom stereocenters. The quantitative estimate of drug-likeness (QED) is 0.381. The zero-order valence-electron chi connectivity index (χ0n) is 12.6. The Kier molecular flexibility index (Phi) is 11.5. The van der Waals surface area contributed by atoms with Gasteiger partial charge >= 0.3 is 23.1 Å². The molecule has 83 valence electrons. The minimum absolute atomic E-state index is 0. The van der Waals surface area contributed by atoms with Gasteiger partial charge < -0.3 is 17.0 Å². The van der Waals surface area contributed by atoms with E-state index in [1.807, 2.05) is 13.8 Å². The van der Waals surface area contributed by atoms with Crippen LogP contribution in [0.2, 0.25) is 0 Å². The summed E-state index contributed by atoms with van der Waals surface area (Å²) in [6, 6.07) is 0. The second-order valence-electron chi connectivity index (χ2n) is 4.79. The first kappa shape index (κ1) is 24.2. The summed E-state index contributed by atoms with van der Waals surface area (Å²) in [5.41, 5.74) is 4.53. The zero-order chi connectivity index (χ0) is 14.9. The Morgan fingerprint density at radius 1 is 1.00 bits per heavy atom. The third kappa shape index (κ3) is 4.98. The van der Waals surface area contributed by atoms with Crippen molar-refractivity contribution in [2.75, 3.05) is 0 Å². The van der Waals surface area contributed by atoms with Gasteiger partial charge in [-0.15, -0.1) is 5.56 Å². The van der Waals surface area contributed by atoms with Gasteiger partial charge in [-0.1, -0.05) is 12.5 Å². The van der Waals surface area contributed by atoms with E-state index in [1.54, 1.807) is 0 Å². The molecule has 1 aromatic carbocycles. The van der Waals surface area contributed by atoms with E-state index in [2.05, 4.69) is 6.92 Å². The summed E-state index contributed by atoms with van der Waals surface area (Å²) in [4.78, 5) is 0. The molecule has 0 bridgehead atoms. The summed E-state index contributed by atoms with van der Waals surface area (Å²) in [7, 11) is 36.5. The summed E-state index contributed by atoms with van der Waals surface area (Å²) in [6.45, 7) is 6.73. The fourth-order valence-corrected chi connectivity index (χ4v) is 2.24. The molecule has 0 amide bonds. The van der Waals surface area contributed by atoms with Gasteiger partial charge in [-0.3, -0.25) is 0 Å². The fourth-order valence-electron chi connectivity index (χ4n) is 2.24. The molecule has 0 aliphatic heterocycles. The Morgan fingerprint density at radius 2 is 1.48 bits per heavy atom. The zero-order valence-corrected chi connectivity index (χ0v) is 15.6. The van der Waals surface area contributed by atoms with Crippen LogP contribution in [0.25, 0.3) is 0 Å². The maximum Gasteiger partial charge on any atom is 2.00 e. The predicted molar refractivity (Wildman–Crippen MR) is 103 cm³/mol. The van der Waals surface area contributed by atoms with Crippen molar-refractivity contribution in [2.45, 2.75) is 13.8 Å². The van der Waals surface area contributed by atoms with Gasteiger partial charge in [0.15, 0.2) is 0 Å². The second kappa shape index (κ2) is 9.98. The molecule has 0 atom stereocenters. The molecule has 0 spiro atoms. The Morgan fingerprint density at radius 3 is 1.86 bits per heavy atom. The smallest absolute Gasteiger partial charge is 1.00 e. The molecule has 0 N–H and O–H groups in total. The second-order valence-corrected chi connectivity index (χ2v) is 4.79. The average Bonchev–Trinajstić information content (AvgIpc) is 2.38. The Labute approximate surface area is 166 Å². The van der Waals surface area contributed by atoms with E-state index >= 15 is 0 Å². The van der Waals surface area contributed by atoms with Gasteiger partial charge in [0.1, 0.15) is 0 Å². The molecule has 0 heterocycles. The third-order valence-corrected chi connectivity index (χ3v) is 3.60. The predicted octanol–water partition coefficient (Wildman–Crippen LogP) is -7.18. The van der Waals surface area contributed by atoms with Crippen molar-refractivity contribution < 1.29 is 17.0 Å². The van der Waals surface area contributed by atoms with E-state index in [4.69, 9.17) is 46.5 Å². The van der Waals surface area contributed by atoms with E-state index < -0.39 is 19.4 Å². The van der Waals surface area contributed by atoms with Crippen molar-refractivity contribution in [3.8, 4) is 0 Å². The van der Waals surface area contributed by atoms with Crippen molar-refractivity contribution in [3.63, 3.8) is 0 Å². The first-order valence-electron chi connectivity index (χ1n) is 6.05. The maximum absolute atomic E-state index is 6.06. The molecule has 0 saturated heterocycles. The summed E-state index contributed by atoms with van der Waals surface area (Å²) < 4.78 is 0. The molecule has 0 fully saturated rings. The first-order valence-corrected chi connectivity index (χ1v) is 6.05. The Hall–Kier alpha value is 0.986. The van der Waals surface area contributed by atoms with Gasteiger partial charge in [0.2, 0.25) is 0 Å². The van der Waals surface area contributed by atoms with E-state index in [-0.39, 0.29) is 40.0 Å². The minimum Gasteiger partial charge on any atom is -1.00 e. The van der Waals surface area contributed by atoms with Crippen LogP contribution in [0.15, 0.2) is 0 Å². The third-order valence-electron chi connectivity index (χ3n) is 3.60. The van der Waals surface area contributed by atoms with Crippen molar-refractivity contribution in [1.82, 2.24) is 0 Å². The number of hydrogen-bond acceptors (Lipinski definition) is 0. The molecule has 0 nitrogen and oxygen atoms in total. The normalized spacial score (nSPS) is 9.05. The summed E-state index contributed by atoms with van der Waals surface area (Å²) in [5, 5.41) is 0. The van der Waals surface area contributed by atoms with Gasteiger partial charge in [-0.25, -0.2) is 5.56 Å². The topological polar surface area (TPSA) is 0 Å². The number of benzene rings is 1. The van der Waals surface area contributed by atoms with E-state index in [0.717, 1.165) is 16.6 Å². The van der Waals surface area contributed by atoms with Gasteiger partial charge in [-0.2, -0.15) is 23.3 Å². The van der Waals surface area contributed by atoms with Crippen LogP contribution in [-0.4, -0.2) is 96.0 Å². The fraction of sp³-hybridized carbons (Fsp3) is 0.222. The number of halogens is 1. The molecule has 12 heteroatoms. The van der Waals surface area contributed by atoms with Crippen LogP contribution in [0.3, 0.4) is 0 Å². The molecule has 0 saturated carbocycles. The van der Waals surface area contributed by atoms with E-state index in [9.17, 15) is 0 Å². The summed E-state index contributed by atoms with van der Waals surface area (Å²) in [5.74, 6) is 0. The largest absolute Gasteiger partial charge is 2.00 e. The molecule has 1 aromatic rings. The Balaban J connectivity index is 0. The van der Waals surface area contributed by atoms with Gasteiger partial charge in [0.25, 0.3) is 0 Å². The van der Waals surface area contributed by atoms with Crippen molar-refractivity contribution in [3.05, 3.63) is 23.6 Å². The number of hydrogen-bond donors (Lipinski definition) is 0. The Bertz CT molecular complexity index is 482. The van der Waals surface area contributed by atoms with Crippen molar-refractivity contribution in [2.24, 2.45) is 0 Å². The molecule has 1 rings (SSSR count). The summed E-state index contributed by atoms with van der Waals surface area (Å²) >= 11 is 0. The monoisotopic (exact) mass is 329 g/mol. The van der Waals surface area contributed by atoms with Crippen LogP contribution in [0.4, 0.5) is 0 Å². The van der Waals surface area contributed by atoms with Crippen LogP contribution in [0.5, 0.6) is 0 Å². The average molecular weight is 328 g/mol. The minimum atomic E-state index is -0.731. The molecular formula is C9H8B10BrMg. The van der Waals surface area contributed by atoms with Crippen LogP contribution >= 0.6 is 0 Å². The number of rotatable bonds is 4. The molecule has 0 aliphatic rings. The van der Waals surface area contributed by atoms with Crippen LogP contribution in [0.1, 0.15) is 16.7 Å². The van der Waals surface area contributed by atoms with E-state index in [0.29, 0.717) is 16.5 Å². The maximum atomic E-state index is 6.06. The van der Waals surface area contributed by atoms with E-state index in [1.165, 1.54) is 7.06 Å². The van der Waals surface area contributed by atoms with Crippen LogP contribution in [-0.2, 0) is 0 Å². The molecule has 0 aromatic heterocycles. The van der Waals surface area contributed by atoms with Gasteiger partial charge in [0.05, 0.1) is 6.49 Å². The van der Waals surface area contributed by atoms with Gasteiger partial charge in [0, 0.05) is 36.9 Å². The summed E-state index contributed by atoms with van der Waals surface area (Å²) in [6.07, 6.45) is -0.731. The van der Waals surface area contributed by atoms with Gasteiger partial charge in [-0.05, 0) is 36.5 Å². The SMILES string of the molecule is [B][B]B([B])c1c(C)c(C)c([B])c([CH2-])c1B([B])B([B])[B].[Br-].[Mg+2]. The molecule has 21 heavy (non-hydrogen) atoms. The van der Waals surface area contributed by atoms with Crippen LogP contribution < -0.4 is 33.4 Å². The molecular weight excluding hydrogens is 320 g/mol. The standard InChI is InChI=1S/C9H8B10.BrH.Mg/c1-4-5(2)8(17(12)16-11)9(6(3)7(4)10)18(13)19(14)15;;/h3H2,1-2H3;1H;/q-1;;+2/p-1. The van der Waals surface area contributed by atoms with Crippen molar-refractivity contribution >= 4 is 112 Å². The molecule has 13 radical (unpaired) electrons. The van der Waals surface area contributed by atoms with Crippen LogP contribution in [0, 0.1) is 20.8 Å². The first-order chi connectivity index (χ1) is 8.73. The molecule has 0 aliphatic carbocycles.